The van der Waals surface area contributed by atoms with Gasteiger partial charge in [0.2, 0.25) is 15.9 Å². The van der Waals surface area contributed by atoms with E-state index in [4.69, 9.17) is 4.74 Å². The summed E-state index contributed by atoms with van der Waals surface area (Å²) in [5.74, 6) is -0.312. The summed E-state index contributed by atoms with van der Waals surface area (Å²) in [7, 11) is -3.62. The highest BCUT2D eigenvalue weighted by Gasteiger charge is 2.23. The van der Waals surface area contributed by atoms with Gasteiger partial charge in [-0.25, -0.2) is 12.8 Å². The third-order valence-corrected chi connectivity index (χ3v) is 5.32. The second-order valence-electron chi connectivity index (χ2n) is 5.99. The molecule has 6 nitrogen and oxygen atoms in total. The van der Waals surface area contributed by atoms with Crippen LogP contribution in [0.4, 0.5) is 15.8 Å². The Morgan fingerprint density at radius 2 is 1.96 bits per heavy atom. The molecule has 0 spiro atoms. The number of fused-ring (bicyclic) bond motifs is 1. The zero-order valence-corrected chi connectivity index (χ0v) is 15.1. The quantitative estimate of drug-likeness (QED) is 0.838. The highest BCUT2D eigenvalue weighted by atomic mass is 32.2. The predicted octanol–water partition coefficient (Wildman–Crippen LogP) is 2.56. The first-order valence-electron chi connectivity index (χ1n) is 8.14. The largest absolute Gasteiger partial charge is 0.492 e. The molecule has 0 saturated carbocycles. The van der Waals surface area contributed by atoms with Gasteiger partial charge in [0.25, 0.3) is 0 Å². The van der Waals surface area contributed by atoms with Crippen molar-refractivity contribution < 1.29 is 22.3 Å². The van der Waals surface area contributed by atoms with Gasteiger partial charge in [-0.15, -0.1) is 0 Å². The van der Waals surface area contributed by atoms with Gasteiger partial charge in [0.15, 0.2) is 0 Å². The fourth-order valence-corrected chi connectivity index (χ4v) is 3.69. The number of hydrogen-bond acceptors (Lipinski definition) is 4. The Morgan fingerprint density at radius 3 is 2.65 bits per heavy atom. The molecule has 0 aromatic heterocycles. The van der Waals surface area contributed by atoms with Crippen LogP contribution in [0.5, 0.6) is 5.75 Å². The normalized spacial score (nSPS) is 13.4. The van der Waals surface area contributed by atoms with Crippen LogP contribution in [0.25, 0.3) is 0 Å². The zero-order valence-electron chi connectivity index (χ0n) is 14.2. The molecule has 0 aliphatic carbocycles. The van der Waals surface area contributed by atoms with Crippen LogP contribution in [0.2, 0.25) is 0 Å². The molecule has 0 unspecified atom stereocenters. The first-order valence-corrected chi connectivity index (χ1v) is 9.79. The number of carbonyl (C=O) groups excluding carboxylic acids is 1. The third kappa shape index (κ3) is 4.32. The van der Waals surface area contributed by atoms with E-state index in [1.807, 2.05) is 6.07 Å². The van der Waals surface area contributed by atoms with E-state index < -0.39 is 10.0 Å². The number of rotatable bonds is 6. The molecular weight excluding hydrogens is 359 g/mol. The molecule has 3 rings (SSSR count). The molecule has 0 bridgehead atoms. The van der Waals surface area contributed by atoms with Crippen molar-refractivity contribution in [2.45, 2.75) is 13.3 Å². The molecule has 2 aromatic rings. The molecule has 138 valence electrons. The van der Waals surface area contributed by atoms with Gasteiger partial charge >= 0.3 is 0 Å². The van der Waals surface area contributed by atoms with Crippen molar-refractivity contribution in [3.05, 3.63) is 53.8 Å². The third-order valence-electron chi connectivity index (χ3n) is 4.07. The minimum absolute atomic E-state index is 0.0640. The van der Waals surface area contributed by atoms with Crippen LogP contribution in [0.15, 0.2) is 42.5 Å². The van der Waals surface area contributed by atoms with E-state index in [9.17, 15) is 17.6 Å². The Hall–Kier alpha value is -2.61. The molecule has 1 amide bonds. The van der Waals surface area contributed by atoms with Gasteiger partial charge in [0.05, 0.1) is 5.69 Å². The smallest absolute Gasteiger partial charge is 0.236 e. The van der Waals surface area contributed by atoms with Gasteiger partial charge in [0, 0.05) is 19.2 Å². The van der Waals surface area contributed by atoms with Crippen molar-refractivity contribution in [3.63, 3.8) is 0 Å². The van der Waals surface area contributed by atoms with Crippen LogP contribution in [0.3, 0.4) is 0 Å². The average molecular weight is 378 g/mol. The molecule has 2 aromatic carbocycles. The molecule has 26 heavy (non-hydrogen) atoms. The van der Waals surface area contributed by atoms with Crippen LogP contribution < -0.4 is 14.4 Å². The van der Waals surface area contributed by atoms with E-state index in [-0.39, 0.29) is 24.1 Å². The molecular formula is C18H19FN2O4S. The van der Waals surface area contributed by atoms with E-state index in [0.29, 0.717) is 18.0 Å². The Balaban J connectivity index is 1.61. The van der Waals surface area contributed by atoms with E-state index in [0.717, 1.165) is 17.7 Å². The number of hydrogen-bond donors (Lipinski definition) is 1. The van der Waals surface area contributed by atoms with Crippen molar-refractivity contribution >= 4 is 27.3 Å². The highest BCUT2D eigenvalue weighted by Crippen LogP contribution is 2.31. The Bertz CT molecular complexity index is 913. The van der Waals surface area contributed by atoms with E-state index >= 15 is 0 Å². The van der Waals surface area contributed by atoms with Crippen molar-refractivity contribution in [2.24, 2.45) is 0 Å². The minimum Gasteiger partial charge on any atom is -0.492 e. The number of nitrogens with zero attached hydrogens (tertiary/aromatic N) is 1. The van der Waals surface area contributed by atoms with Crippen molar-refractivity contribution in [3.8, 4) is 5.75 Å². The molecule has 1 N–H and O–H groups in total. The second-order valence-corrected chi connectivity index (χ2v) is 7.83. The van der Waals surface area contributed by atoms with Gasteiger partial charge in [-0.2, -0.15) is 0 Å². The Morgan fingerprint density at radius 1 is 1.23 bits per heavy atom. The fraction of sp³-hybridized carbons (Fsp3) is 0.278. The number of benzene rings is 2. The average Bonchev–Trinajstić information content (AvgIpc) is 2.99. The highest BCUT2D eigenvalue weighted by molar-refractivity contribution is 7.92. The number of sulfonamides is 1. The maximum Gasteiger partial charge on any atom is 0.236 e. The number of carbonyl (C=O) groups is 1. The number of ether oxygens (including phenoxy) is 1. The number of anilines is 2. The monoisotopic (exact) mass is 378 g/mol. The number of amides is 1. The summed E-state index contributed by atoms with van der Waals surface area (Å²) < 4.78 is 45.1. The summed E-state index contributed by atoms with van der Waals surface area (Å²) in [5, 5.41) is 0. The van der Waals surface area contributed by atoms with Gasteiger partial charge in [-0.3, -0.25) is 9.52 Å². The molecule has 0 fully saturated rings. The number of nitrogens with one attached hydrogen (secondary N) is 1. The van der Waals surface area contributed by atoms with Gasteiger partial charge in [-0.1, -0.05) is 6.07 Å². The van der Waals surface area contributed by atoms with Crippen molar-refractivity contribution in [1.29, 1.82) is 0 Å². The summed E-state index contributed by atoms with van der Waals surface area (Å²) >= 11 is 0. The van der Waals surface area contributed by atoms with Gasteiger partial charge < -0.3 is 9.64 Å². The van der Waals surface area contributed by atoms with Crippen LogP contribution >= 0.6 is 0 Å². The van der Waals surface area contributed by atoms with E-state index in [1.54, 1.807) is 17.0 Å². The molecule has 1 heterocycles. The molecule has 0 atom stereocenters. The molecule has 0 saturated heterocycles. The lowest BCUT2D eigenvalue weighted by molar-refractivity contribution is -0.116. The van der Waals surface area contributed by atoms with Crippen LogP contribution in [0, 0.1) is 5.82 Å². The lowest BCUT2D eigenvalue weighted by Gasteiger charge is -2.16. The lowest BCUT2D eigenvalue weighted by Crippen LogP contribution is -2.26. The lowest BCUT2D eigenvalue weighted by atomic mass is 10.1. The molecule has 1 aliphatic rings. The fourth-order valence-electron chi connectivity index (χ4n) is 2.80. The van der Waals surface area contributed by atoms with Crippen molar-refractivity contribution in [2.75, 3.05) is 28.5 Å². The van der Waals surface area contributed by atoms with E-state index in [2.05, 4.69) is 4.72 Å². The first-order chi connectivity index (χ1) is 12.3. The maximum absolute atomic E-state index is 12.8. The second kappa shape index (κ2) is 7.33. The first kappa shape index (κ1) is 18.2. The Labute approximate surface area is 151 Å². The maximum atomic E-state index is 12.8. The summed E-state index contributed by atoms with van der Waals surface area (Å²) in [4.78, 5) is 13.3. The topological polar surface area (TPSA) is 75.7 Å². The Kier molecular flexibility index (Phi) is 5.13. The SMILES string of the molecule is CC(=O)N1CCc2ccc(NS(=O)(=O)CCOc3ccc(F)cc3)cc21. The molecule has 1 aliphatic heterocycles. The standard InChI is InChI=1S/C18H19FN2O4S/c1-13(22)21-9-8-14-2-5-16(12-18(14)21)20-26(23,24)11-10-25-17-6-3-15(19)4-7-17/h2-7,12,20H,8-11H2,1H3. The van der Waals surface area contributed by atoms with Gasteiger partial charge in [-0.05, 0) is 48.4 Å². The van der Waals surface area contributed by atoms with Crippen molar-refractivity contribution in [1.82, 2.24) is 0 Å². The molecule has 0 radical (unpaired) electrons. The van der Waals surface area contributed by atoms with Crippen LogP contribution in [0.1, 0.15) is 12.5 Å². The van der Waals surface area contributed by atoms with Gasteiger partial charge in [0.1, 0.15) is 23.9 Å². The molecule has 8 heteroatoms. The number of halogens is 1. The minimum atomic E-state index is -3.62. The summed E-state index contributed by atoms with van der Waals surface area (Å²) in [6.07, 6.45) is 0.757. The van der Waals surface area contributed by atoms with Crippen LogP contribution in [-0.4, -0.2) is 33.2 Å². The summed E-state index contributed by atoms with van der Waals surface area (Å²) in [6, 6.07) is 10.5. The predicted molar refractivity (Wildman–Crippen MR) is 97.5 cm³/mol. The van der Waals surface area contributed by atoms with E-state index in [1.165, 1.54) is 31.2 Å². The zero-order chi connectivity index (χ0) is 18.7. The summed E-state index contributed by atoms with van der Waals surface area (Å²) in [6.45, 7) is 2.02. The van der Waals surface area contributed by atoms with Crippen LogP contribution in [-0.2, 0) is 21.2 Å². The summed E-state index contributed by atoms with van der Waals surface area (Å²) in [5.41, 5.74) is 2.15.